The van der Waals surface area contributed by atoms with Gasteiger partial charge in [0.1, 0.15) is 0 Å². The van der Waals surface area contributed by atoms with Crippen molar-refractivity contribution in [1.29, 1.82) is 0 Å². The van der Waals surface area contributed by atoms with Gasteiger partial charge in [-0.15, -0.1) is 0 Å². The highest BCUT2D eigenvalue weighted by Gasteiger charge is 2.09. The number of benzene rings is 1. The van der Waals surface area contributed by atoms with Crippen LogP contribution in [0.5, 0.6) is 0 Å². The van der Waals surface area contributed by atoms with Crippen molar-refractivity contribution >= 4 is 10.9 Å². The van der Waals surface area contributed by atoms with E-state index in [1.54, 1.807) is 0 Å². The minimum Gasteiger partial charge on any atom is -0.309 e. The van der Waals surface area contributed by atoms with Gasteiger partial charge in [0.05, 0.1) is 5.52 Å². The molecular weight excluding hydrogens is 236 g/mol. The number of pyridine rings is 1. The molecule has 4 nitrogen and oxygen atoms in total. The normalized spacial score (nSPS) is 13.1. The van der Waals surface area contributed by atoms with E-state index in [1.807, 2.05) is 18.2 Å². The molecule has 19 heavy (non-hydrogen) atoms. The van der Waals surface area contributed by atoms with Gasteiger partial charge in [0.25, 0.3) is 0 Å². The molecule has 2 rings (SSSR count). The van der Waals surface area contributed by atoms with Crippen LogP contribution >= 0.6 is 0 Å². The molecule has 0 fully saturated rings. The van der Waals surface area contributed by atoms with E-state index in [9.17, 15) is 0 Å². The number of hydrazine groups is 1. The molecule has 0 aliphatic heterocycles. The smallest absolute Gasteiger partial charge is 0.0705 e. The molecule has 1 aromatic carbocycles. The largest absolute Gasteiger partial charge is 0.309 e. The summed E-state index contributed by atoms with van der Waals surface area (Å²) in [6.07, 6.45) is 1.87. The maximum Gasteiger partial charge on any atom is 0.0705 e. The molecule has 1 unspecified atom stereocenters. The van der Waals surface area contributed by atoms with Crippen LogP contribution in [0.25, 0.3) is 10.9 Å². The second kappa shape index (κ2) is 6.61. The Morgan fingerprint density at radius 3 is 2.74 bits per heavy atom. The van der Waals surface area contributed by atoms with Crippen LogP contribution in [0.3, 0.4) is 0 Å². The van der Waals surface area contributed by atoms with Crippen LogP contribution in [0.15, 0.2) is 36.4 Å². The number of nitrogens with one attached hydrogen (secondary N) is 1. The minimum absolute atomic E-state index is 0.260. The summed E-state index contributed by atoms with van der Waals surface area (Å²) in [4.78, 5) is 6.85. The Balaban J connectivity index is 2.06. The molecule has 4 heteroatoms. The standard InChI is InChI=1S/C15H22N4/c1-19(2)10-9-14(18-16)11-13-8-7-12-5-3-4-6-15(12)17-13/h3-8,14,18H,9-11,16H2,1-2H3. The molecular formula is C15H22N4. The fourth-order valence-electron chi connectivity index (χ4n) is 2.13. The third kappa shape index (κ3) is 3.99. The first-order valence-corrected chi connectivity index (χ1v) is 6.64. The monoisotopic (exact) mass is 258 g/mol. The third-order valence-electron chi connectivity index (χ3n) is 3.27. The van der Waals surface area contributed by atoms with Crippen molar-refractivity contribution < 1.29 is 0 Å². The summed E-state index contributed by atoms with van der Waals surface area (Å²) in [5, 5.41) is 1.18. The summed E-state index contributed by atoms with van der Waals surface area (Å²) in [6, 6.07) is 12.6. The van der Waals surface area contributed by atoms with E-state index in [2.05, 4.69) is 47.6 Å². The van der Waals surface area contributed by atoms with Crippen LogP contribution < -0.4 is 11.3 Å². The van der Waals surface area contributed by atoms with Crippen molar-refractivity contribution in [1.82, 2.24) is 15.3 Å². The van der Waals surface area contributed by atoms with E-state index in [4.69, 9.17) is 5.84 Å². The maximum atomic E-state index is 5.62. The van der Waals surface area contributed by atoms with Gasteiger partial charge in [-0.3, -0.25) is 16.3 Å². The molecule has 1 aromatic heterocycles. The number of nitrogens with zero attached hydrogens (tertiary/aromatic N) is 2. The summed E-state index contributed by atoms with van der Waals surface area (Å²) in [5.41, 5.74) is 5.02. The zero-order valence-electron chi connectivity index (χ0n) is 11.6. The molecule has 0 saturated heterocycles. The van der Waals surface area contributed by atoms with Crippen molar-refractivity contribution in [3.63, 3.8) is 0 Å². The van der Waals surface area contributed by atoms with Gasteiger partial charge in [-0.25, -0.2) is 0 Å². The van der Waals surface area contributed by atoms with E-state index in [1.165, 1.54) is 5.39 Å². The average molecular weight is 258 g/mol. The Kier molecular flexibility index (Phi) is 4.85. The summed E-state index contributed by atoms with van der Waals surface area (Å²) >= 11 is 0. The highest BCUT2D eigenvalue weighted by molar-refractivity contribution is 5.78. The minimum atomic E-state index is 0.260. The molecule has 1 heterocycles. The van der Waals surface area contributed by atoms with Crippen LogP contribution in [0.1, 0.15) is 12.1 Å². The van der Waals surface area contributed by atoms with E-state index < -0.39 is 0 Å². The van der Waals surface area contributed by atoms with Gasteiger partial charge in [0.2, 0.25) is 0 Å². The number of nitrogens with two attached hydrogens (primary N) is 1. The van der Waals surface area contributed by atoms with Gasteiger partial charge in [-0.05, 0) is 39.2 Å². The second-order valence-corrected chi connectivity index (χ2v) is 5.15. The first-order valence-electron chi connectivity index (χ1n) is 6.64. The summed E-state index contributed by atoms with van der Waals surface area (Å²) in [7, 11) is 4.14. The fraction of sp³-hybridized carbons (Fsp3) is 0.400. The molecule has 2 aromatic rings. The van der Waals surface area contributed by atoms with E-state index in [-0.39, 0.29) is 6.04 Å². The fourth-order valence-corrected chi connectivity index (χ4v) is 2.13. The van der Waals surface area contributed by atoms with Crippen molar-refractivity contribution in [3.8, 4) is 0 Å². The van der Waals surface area contributed by atoms with Crippen molar-refractivity contribution in [2.45, 2.75) is 18.9 Å². The quantitative estimate of drug-likeness (QED) is 0.610. The van der Waals surface area contributed by atoms with Gasteiger partial charge in [-0.2, -0.15) is 0 Å². The van der Waals surface area contributed by atoms with Gasteiger partial charge in [0, 0.05) is 23.5 Å². The summed E-state index contributed by atoms with van der Waals surface area (Å²) in [6.45, 7) is 1.02. The molecule has 1 atom stereocenters. The van der Waals surface area contributed by atoms with E-state index in [0.717, 1.165) is 30.6 Å². The number of para-hydroxylation sites is 1. The molecule has 0 amide bonds. The Hall–Kier alpha value is -1.49. The van der Waals surface area contributed by atoms with Crippen LogP contribution in [0.4, 0.5) is 0 Å². The molecule has 0 aliphatic rings. The zero-order chi connectivity index (χ0) is 13.7. The summed E-state index contributed by atoms with van der Waals surface area (Å²) in [5.74, 6) is 5.62. The lowest BCUT2D eigenvalue weighted by atomic mass is 10.1. The first-order chi connectivity index (χ1) is 9.19. The van der Waals surface area contributed by atoms with Gasteiger partial charge < -0.3 is 4.90 Å². The van der Waals surface area contributed by atoms with Crippen molar-refractivity contribution in [2.24, 2.45) is 5.84 Å². The number of fused-ring (bicyclic) bond motifs is 1. The number of rotatable bonds is 6. The van der Waals surface area contributed by atoms with Crippen molar-refractivity contribution in [3.05, 3.63) is 42.1 Å². The third-order valence-corrected chi connectivity index (χ3v) is 3.27. The molecule has 0 saturated carbocycles. The second-order valence-electron chi connectivity index (χ2n) is 5.15. The SMILES string of the molecule is CN(C)CCC(Cc1ccc2ccccc2n1)NN. The highest BCUT2D eigenvalue weighted by Crippen LogP contribution is 2.13. The lowest BCUT2D eigenvalue weighted by Crippen LogP contribution is -2.39. The van der Waals surface area contributed by atoms with E-state index >= 15 is 0 Å². The summed E-state index contributed by atoms with van der Waals surface area (Å²) < 4.78 is 0. The number of hydrogen-bond donors (Lipinski definition) is 2. The van der Waals surface area contributed by atoms with Gasteiger partial charge in [-0.1, -0.05) is 24.3 Å². The Labute approximate surface area is 114 Å². The predicted octanol–water partition coefficient (Wildman–Crippen LogP) is 1.56. The lowest BCUT2D eigenvalue weighted by Gasteiger charge is -2.18. The predicted molar refractivity (Wildman–Crippen MR) is 79.7 cm³/mol. The molecule has 0 bridgehead atoms. The lowest BCUT2D eigenvalue weighted by molar-refractivity contribution is 0.357. The van der Waals surface area contributed by atoms with Crippen LogP contribution in [0.2, 0.25) is 0 Å². The Bertz CT molecular complexity index is 524. The van der Waals surface area contributed by atoms with Crippen LogP contribution in [-0.2, 0) is 6.42 Å². The van der Waals surface area contributed by atoms with Crippen LogP contribution in [-0.4, -0.2) is 36.6 Å². The van der Waals surface area contributed by atoms with Crippen LogP contribution in [0, 0.1) is 0 Å². The Morgan fingerprint density at radius 1 is 1.21 bits per heavy atom. The first kappa shape index (κ1) is 13.9. The van der Waals surface area contributed by atoms with Gasteiger partial charge >= 0.3 is 0 Å². The van der Waals surface area contributed by atoms with Gasteiger partial charge in [0.15, 0.2) is 0 Å². The molecule has 3 N–H and O–H groups in total. The number of aromatic nitrogens is 1. The Morgan fingerprint density at radius 2 is 2.00 bits per heavy atom. The number of hydrogen-bond acceptors (Lipinski definition) is 4. The zero-order valence-corrected chi connectivity index (χ0v) is 11.6. The molecule has 102 valence electrons. The highest BCUT2D eigenvalue weighted by atomic mass is 15.2. The van der Waals surface area contributed by atoms with E-state index in [0.29, 0.717) is 0 Å². The molecule has 0 spiro atoms. The maximum absolute atomic E-state index is 5.62. The average Bonchev–Trinajstić information content (AvgIpc) is 2.43. The van der Waals surface area contributed by atoms with Crippen molar-refractivity contribution in [2.75, 3.05) is 20.6 Å². The molecule has 0 radical (unpaired) electrons. The molecule has 0 aliphatic carbocycles. The topological polar surface area (TPSA) is 54.2 Å².